The topological polar surface area (TPSA) is 41.4 Å². The number of carbonyl (C=O) groups is 1. The lowest BCUT2D eigenvalue weighted by Crippen LogP contribution is -2.54. The first kappa shape index (κ1) is 24.1. The summed E-state index contributed by atoms with van der Waals surface area (Å²) < 4.78 is 39.9. The molecular formula is C21H28ClF3N4O. The van der Waals surface area contributed by atoms with Gasteiger partial charge in [0.05, 0.1) is 10.7 Å². The number of hydrogen-bond acceptors (Lipinski definition) is 3. The van der Waals surface area contributed by atoms with Crippen molar-refractivity contribution in [3.8, 4) is 0 Å². The Morgan fingerprint density at radius 1 is 1.23 bits per heavy atom. The van der Waals surface area contributed by atoms with E-state index in [1.54, 1.807) is 4.90 Å². The molecule has 0 bridgehead atoms. The van der Waals surface area contributed by atoms with Crippen molar-refractivity contribution < 1.29 is 18.0 Å². The zero-order valence-electron chi connectivity index (χ0n) is 17.9. The van der Waals surface area contributed by atoms with Crippen LogP contribution >= 0.6 is 11.6 Å². The van der Waals surface area contributed by atoms with Gasteiger partial charge in [0.25, 0.3) is 0 Å². The number of alkyl halides is 3. The lowest BCUT2D eigenvalue weighted by Gasteiger charge is -2.41. The third kappa shape index (κ3) is 5.28. The number of nitrogens with zero attached hydrogens (tertiary/aromatic N) is 4. The number of piperazine rings is 1. The van der Waals surface area contributed by atoms with Crippen LogP contribution in [0, 0.1) is 13.8 Å². The summed E-state index contributed by atoms with van der Waals surface area (Å²) in [6.07, 6.45) is -4.65. The summed E-state index contributed by atoms with van der Waals surface area (Å²) in [5.41, 5.74) is 1.24. The van der Waals surface area contributed by atoms with E-state index in [0.717, 1.165) is 15.9 Å². The van der Waals surface area contributed by atoms with Crippen LogP contribution in [0.25, 0.3) is 0 Å². The van der Waals surface area contributed by atoms with Crippen molar-refractivity contribution in [3.05, 3.63) is 46.2 Å². The smallest absolute Gasteiger partial charge is 0.365 e. The minimum absolute atomic E-state index is 0.0903. The average Bonchev–Trinajstić information content (AvgIpc) is 2.98. The molecule has 1 aromatic carbocycles. The summed E-state index contributed by atoms with van der Waals surface area (Å²) in [5.74, 6) is -0.272. The van der Waals surface area contributed by atoms with Crippen LogP contribution in [0.5, 0.6) is 0 Å². The zero-order valence-corrected chi connectivity index (χ0v) is 18.7. The Hall–Kier alpha value is -2.22. The van der Waals surface area contributed by atoms with Gasteiger partial charge in [-0.25, -0.2) is 0 Å². The van der Waals surface area contributed by atoms with Crippen LogP contribution in [0.15, 0.2) is 24.3 Å². The van der Waals surface area contributed by atoms with Crippen molar-refractivity contribution in [2.45, 2.75) is 53.4 Å². The second-order valence-electron chi connectivity index (χ2n) is 7.12. The molecule has 9 heteroatoms. The Balaban J connectivity index is 0.00000155. The fourth-order valence-electron chi connectivity index (χ4n) is 3.46. The summed E-state index contributed by atoms with van der Waals surface area (Å²) in [4.78, 5) is 16.6. The molecule has 0 spiro atoms. The molecule has 1 saturated heterocycles. The lowest BCUT2D eigenvalue weighted by molar-refractivity contribution is -0.142. The van der Waals surface area contributed by atoms with Gasteiger partial charge in [0.2, 0.25) is 5.91 Å². The highest BCUT2D eigenvalue weighted by Crippen LogP contribution is 2.35. The van der Waals surface area contributed by atoms with Crippen LogP contribution in [0.2, 0.25) is 5.02 Å². The normalized spacial score (nSPS) is 16.9. The second kappa shape index (κ2) is 9.73. The second-order valence-corrected chi connectivity index (χ2v) is 7.50. The minimum atomic E-state index is -4.65. The number of aromatic nitrogens is 2. The first-order valence-corrected chi connectivity index (χ1v) is 10.4. The molecular weight excluding hydrogens is 417 g/mol. The van der Waals surface area contributed by atoms with Gasteiger partial charge in [-0.15, -0.1) is 0 Å². The molecule has 1 aromatic heterocycles. The Kier molecular flexibility index (Phi) is 7.80. The van der Waals surface area contributed by atoms with Gasteiger partial charge in [-0.1, -0.05) is 37.6 Å². The van der Waals surface area contributed by atoms with E-state index >= 15 is 0 Å². The van der Waals surface area contributed by atoms with Crippen LogP contribution in [0.1, 0.15) is 37.7 Å². The molecule has 1 unspecified atom stereocenters. The van der Waals surface area contributed by atoms with Gasteiger partial charge in [0.15, 0.2) is 5.69 Å². The first-order chi connectivity index (χ1) is 14.1. The molecule has 0 radical (unpaired) electrons. The largest absolute Gasteiger partial charge is 0.436 e. The third-order valence-electron chi connectivity index (χ3n) is 5.00. The number of benzene rings is 1. The van der Waals surface area contributed by atoms with E-state index in [-0.39, 0.29) is 24.2 Å². The number of carbonyl (C=O) groups excluding carboxylic acids is 1. The van der Waals surface area contributed by atoms with Crippen molar-refractivity contribution in [3.63, 3.8) is 0 Å². The highest BCUT2D eigenvalue weighted by Gasteiger charge is 2.38. The van der Waals surface area contributed by atoms with E-state index in [0.29, 0.717) is 19.6 Å². The Labute approximate surface area is 180 Å². The van der Waals surface area contributed by atoms with Crippen LogP contribution < -0.4 is 4.90 Å². The maximum Gasteiger partial charge on any atom is 0.436 e. The van der Waals surface area contributed by atoms with Gasteiger partial charge >= 0.3 is 6.18 Å². The standard InChI is InChI=1S/C19H22ClF3N4O.C2H6/c1-12-5-4-6-15(9-12)26-8-7-25(10-13(26)2)16(28)11-27-14(3)17(20)18(24-27)19(21,22)23;1-2/h4-6,9,13H,7-8,10-11H2,1-3H3;1-2H3. The summed E-state index contributed by atoms with van der Waals surface area (Å²) in [6, 6.07) is 8.25. The van der Waals surface area contributed by atoms with Gasteiger partial charge in [-0.3, -0.25) is 9.48 Å². The molecule has 1 atom stereocenters. The Bertz CT molecular complexity index is 882. The molecule has 1 aliphatic heterocycles. The first-order valence-electron chi connectivity index (χ1n) is 9.99. The fraction of sp³-hybridized carbons (Fsp3) is 0.524. The summed E-state index contributed by atoms with van der Waals surface area (Å²) >= 11 is 5.76. The third-order valence-corrected chi connectivity index (χ3v) is 5.45. The predicted octanol–water partition coefficient (Wildman–Crippen LogP) is 4.94. The number of amides is 1. The Morgan fingerprint density at radius 2 is 1.90 bits per heavy atom. The SMILES string of the molecule is CC.Cc1cccc(N2CCN(C(=O)Cn3nc(C(F)(F)F)c(Cl)c3C)CC2C)c1. The molecule has 5 nitrogen and oxygen atoms in total. The van der Waals surface area contributed by atoms with E-state index < -0.39 is 16.9 Å². The van der Waals surface area contributed by atoms with E-state index in [9.17, 15) is 18.0 Å². The molecule has 2 heterocycles. The predicted molar refractivity (Wildman–Crippen MR) is 113 cm³/mol. The van der Waals surface area contributed by atoms with E-state index in [1.807, 2.05) is 45.9 Å². The molecule has 166 valence electrons. The van der Waals surface area contributed by atoms with Crippen molar-refractivity contribution in [2.75, 3.05) is 24.5 Å². The van der Waals surface area contributed by atoms with Gasteiger partial charge in [0.1, 0.15) is 6.54 Å². The number of aryl methyl sites for hydroxylation is 1. The average molecular weight is 445 g/mol. The van der Waals surface area contributed by atoms with Crippen LogP contribution in [0.3, 0.4) is 0 Å². The zero-order chi connectivity index (χ0) is 22.6. The van der Waals surface area contributed by atoms with Gasteiger partial charge < -0.3 is 9.80 Å². The molecule has 1 fully saturated rings. The van der Waals surface area contributed by atoms with E-state index in [2.05, 4.69) is 16.1 Å². The highest BCUT2D eigenvalue weighted by molar-refractivity contribution is 6.32. The van der Waals surface area contributed by atoms with Crippen molar-refractivity contribution in [1.82, 2.24) is 14.7 Å². The maximum absolute atomic E-state index is 13.0. The highest BCUT2D eigenvalue weighted by atomic mass is 35.5. The van der Waals surface area contributed by atoms with Gasteiger partial charge in [-0.05, 0) is 38.5 Å². The van der Waals surface area contributed by atoms with Crippen molar-refractivity contribution in [2.24, 2.45) is 0 Å². The van der Waals surface area contributed by atoms with Crippen molar-refractivity contribution in [1.29, 1.82) is 0 Å². The summed E-state index contributed by atoms with van der Waals surface area (Å²) in [7, 11) is 0. The minimum Gasteiger partial charge on any atom is -0.365 e. The van der Waals surface area contributed by atoms with E-state index in [1.165, 1.54) is 6.92 Å². The number of hydrogen-bond donors (Lipinski definition) is 0. The van der Waals surface area contributed by atoms with Crippen molar-refractivity contribution >= 4 is 23.2 Å². The molecule has 3 rings (SSSR count). The van der Waals surface area contributed by atoms with Crippen LogP contribution in [0.4, 0.5) is 18.9 Å². The molecule has 0 saturated carbocycles. The molecule has 1 aliphatic rings. The monoisotopic (exact) mass is 444 g/mol. The summed E-state index contributed by atoms with van der Waals surface area (Å²) in [6.45, 7) is 10.9. The van der Waals surface area contributed by atoms with E-state index in [4.69, 9.17) is 11.6 Å². The number of anilines is 1. The molecule has 0 aliphatic carbocycles. The quantitative estimate of drug-likeness (QED) is 0.673. The fourth-order valence-corrected chi connectivity index (χ4v) is 3.70. The molecule has 30 heavy (non-hydrogen) atoms. The number of rotatable bonds is 3. The Morgan fingerprint density at radius 3 is 2.43 bits per heavy atom. The summed E-state index contributed by atoms with van der Waals surface area (Å²) in [5, 5.41) is 3.05. The number of halogens is 4. The van der Waals surface area contributed by atoms with Gasteiger partial charge in [-0.2, -0.15) is 18.3 Å². The van der Waals surface area contributed by atoms with Crippen LogP contribution in [-0.2, 0) is 17.5 Å². The maximum atomic E-state index is 13.0. The molecule has 2 aromatic rings. The molecule has 0 N–H and O–H groups in total. The van der Waals surface area contributed by atoms with Crippen LogP contribution in [-0.4, -0.2) is 46.3 Å². The van der Waals surface area contributed by atoms with Gasteiger partial charge in [0, 0.05) is 31.4 Å². The lowest BCUT2D eigenvalue weighted by atomic mass is 10.1. The molecule has 1 amide bonds.